The number of nitrogens with zero attached hydrogens (tertiary/aromatic N) is 1. The molecule has 0 fully saturated rings. The van der Waals surface area contributed by atoms with Gasteiger partial charge in [-0.15, -0.1) is 0 Å². The van der Waals surface area contributed by atoms with E-state index in [-0.39, 0.29) is 18.1 Å². The summed E-state index contributed by atoms with van der Waals surface area (Å²) in [5.41, 5.74) is 0.712. The van der Waals surface area contributed by atoms with Gasteiger partial charge in [0.2, 0.25) is 5.91 Å². The third kappa shape index (κ3) is 5.66. The van der Waals surface area contributed by atoms with Gasteiger partial charge in [0.15, 0.2) is 0 Å². The van der Waals surface area contributed by atoms with E-state index in [0.29, 0.717) is 31.0 Å². The Hall–Kier alpha value is -2.41. The lowest BCUT2D eigenvalue weighted by Crippen LogP contribution is -2.34. The van der Waals surface area contributed by atoms with Gasteiger partial charge in [0, 0.05) is 13.7 Å². The van der Waals surface area contributed by atoms with Gasteiger partial charge in [-0.1, -0.05) is 12.1 Å². The van der Waals surface area contributed by atoms with Gasteiger partial charge in [-0.05, 0) is 29.8 Å². The molecule has 0 atom stereocenters. The highest BCUT2D eigenvalue weighted by Gasteiger charge is 2.16. The van der Waals surface area contributed by atoms with Crippen molar-refractivity contribution in [2.24, 2.45) is 0 Å². The molecule has 1 aromatic heterocycles. The summed E-state index contributed by atoms with van der Waals surface area (Å²) in [6.45, 7) is -1.67. The summed E-state index contributed by atoms with van der Waals surface area (Å²) in [6, 6.07) is 9.58. The molecule has 1 aromatic carbocycles. The largest absolute Gasteiger partial charge is 0.467 e. The lowest BCUT2D eigenvalue weighted by molar-refractivity contribution is -0.132. The fraction of sp³-hybridized carbons (Fsp3) is 0.353. The standard InChI is InChI=1S/C17H19F2NO4/c1-22-10-8-20(12-15-3-2-9-23-15)16(21)11-13-4-6-14(7-5-13)24-17(18)19/h2-7,9,17H,8,10-12H2,1H3. The molecule has 0 bridgehead atoms. The molecule has 1 heterocycles. The minimum Gasteiger partial charge on any atom is -0.467 e. The van der Waals surface area contributed by atoms with Gasteiger partial charge in [0.05, 0.1) is 25.8 Å². The zero-order chi connectivity index (χ0) is 17.4. The van der Waals surface area contributed by atoms with Crippen molar-refractivity contribution in [3.63, 3.8) is 0 Å². The number of hydrogen-bond donors (Lipinski definition) is 0. The molecule has 0 aliphatic carbocycles. The lowest BCUT2D eigenvalue weighted by atomic mass is 10.1. The average molecular weight is 339 g/mol. The van der Waals surface area contributed by atoms with Gasteiger partial charge < -0.3 is 18.8 Å². The SMILES string of the molecule is COCCN(Cc1ccco1)C(=O)Cc1ccc(OC(F)F)cc1. The summed E-state index contributed by atoms with van der Waals surface area (Å²) in [7, 11) is 1.57. The van der Waals surface area contributed by atoms with E-state index in [1.54, 1.807) is 42.5 Å². The molecule has 0 aliphatic rings. The molecule has 0 aliphatic heterocycles. The fourth-order valence-electron chi connectivity index (χ4n) is 2.16. The number of benzene rings is 1. The van der Waals surface area contributed by atoms with Gasteiger partial charge in [0.1, 0.15) is 11.5 Å². The predicted molar refractivity (Wildman–Crippen MR) is 82.8 cm³/mol. The van der Waals surface area contributed by atoms with E-state index in [9.17, 15) is 13.6 Å². The molecule has 0 saturated carbocycles. The highest BCUT2D eigenvalue weighted by Crippen LogP contribution is 2.16. The van der Waals surface area contributed by atoms with Crippen LogP contribution >= 0.6 is 0 Å². The van der Waals surface area contributed by atoms with Crippen molar-refractivity contribution in [2.45, 2.75) is 19.6 Å². The van der Waals surface area contributed by atoms with Gasteiger partial charge in [-0.2, -0.15) is 8.78 Å². The van der Waals surface area contributed by atoms with Crippen molar-refractivity contribution in [1.82, 2.24) is 4.90 Å². The Morgan fingerprint density at radius 1 is 1.25 bits per heavy atom. The molecule has 130 valence electrons. The minimum absolute atomic E-state index is 0.0630. The third-order valence-electron chi connectivity index (χ3n) is 3.35. The third-order valence-corrected chi connectivity index (χ3v) is 3.35. The number of halogens is 2. The predicted octanol–water partition coefficient (Wildman–Crippen LogP) is 3.10. The number of ether oxygens (including phenoxy) is 2. The lowest BCUT2D eigenvalue weighted by Gasteiger charge is -2.21. The number of methoxy groups -OCH3 is 1. The molecule has 1 amide bonds. The van der Waals surface area contributed by atoms with Crippen molar-refractivity contribution in [2.75, 3.05) is 20.3 Å². The highest BCUT2D eigenvalue weighted by atomic mass is 19.3. The molecule has 7 heteroatoms. The van der Waals surface area contributed by atoms with Crippen molar-refractivity contribution in [1.29, 1.82) is 0 Å². The Bertz CT molecular complexity index is 614. The summed E-state index contributed by atoms with van der Waals surface area (Å²) in [4.78, 5) is 14.1. The second kappa shape index (κ2) is 9.02. The Morgan fingerprint density at radius 3 is 2.58 bits per heavy atom. The Kier molecular flexibility index (Phi) is 6.74. The molecule has 5 nitrogen and oxygen atoms in total. The molecular formula is C17H19F2NO4. The van der Waals surface area contributed by atoms with Gasteiger partial charge in [-0.3, -0.25) is 4.79 Å². The maximum absolute atomic E-state index is 12.5. The number of carbonyl (C=O) groups excluding carboxylic acids is 1. The summed E-state index contributed by atoms with van der Waals surface area (Å²) in [5, 5.41) is 0. The van der Waals surface area contributed by atoms with Gasteiger partial charge >= 0.3 is 6.61 Å². The monoisotopic (exact) mass is 339 g/mol. The smallest absolute Gasteiger partial charge is 0.387 e. The first kappa shape index (κ1) is 17.9. The number of alkyl halides is 2. The van der Waals surface area contributed by atoms with Gasteiger partial charge in [-0.25, -0.2) is 0 Å². The molecule has 0 saturated heterocycles. The van der Waals surface area contributed by atoms with E-state index in [2.05, 4.69) is 4.74 Å². The van der Waals surface area contributed by atoms with Crippen molar-refractivity contribution < 1.29 is 27.5 Å². The number of furan rings is 1. The minimum atomic E-state index is -2.87. The normalized spacial score (nSPS) is 10.8. The molecule has 2 rings (SSSR count). The number of rotatable bonds is 9. The van der Waals surface area contributed by atoms with Crippen molar-refractivity contribution >= 4 is 5.91 Å². The number of carbonyl (C=O) groups is 1. The molecule has 24 heavy (non-hydrogen) atoms. The van der Waals surface area contributed by atoms with Gasteiger partial charge in [0.25, 0.3) is 0 Å². The first-order chi connectivity index (χ1) is 11.6. The van der Waals surface area contributed by atoms with E-state index in [0.717, 1.165) is 0 Å². The van der Waals surface area contributed by atoms with Crippen LogP contribution in [0.25, 0.3) is 0 Å². The Labute approximate surface area is 138 Å². The van der Waals surface area contributed by atoms with Crippen LogP contribution in [0.1, 0.15) is 11.3 Å². The second-order valence-corrected chi connectivity index (χ2v) is 5.09. The second-order valence-electron chi connectivity index (χ2n) is 5.09. The van der Waals surface area contributed by atoms with E-state index in [1.807, 2.05) is 0 Å². The Balaban J connectivity index is 1.98. The Morgan fingerprint density at radius 2 is 2.00 bits per heavy atom. The zero-order valence-corrected chi connectivity index (χ0v) is 13.3. The van der Waals surface area contributed by atoms with Crippen LogP contribution in [0.15, 0.2) is 47.1 Å². The van der Waals surface area contributed by atoms with Crippen LogP contribution in [0.4, 0.5) is 8.78 Å². The van der Waals surface area contributed by atoms with Crippen LogP contribution in [0.5, 0.6) is 5.75 Å². The number of amides is 1. The van der Waals surface area contributed by atoms with Crippen LogP contribution in [-0.4, -0.2) is 37.7 Å². The fourth-order valence-corrected chi connectivity index (χ4v) is 2.16. The molecular weight excluding hydrogens is 320 g/mol. The van der Waals surface area contributed by atoms with Crippen molar-refractivity contribution in [3.05, 3.63) is 54.0 Å². The maximum Gasteiger partial charge on any atom is 0.387 e. The first-order valence-electron chi connectivity index (χ1n) is 7.41. The summed E-state index contributed by atoms with van der Waals surface area (Å²) >= 11 is 0. The molecule has 0 radical (unpaired) electrons. The van der Waals surface area contributed by atoms with Crippen LogP contribution in [0.3, 0.4) is 0 Å². The van der Waals surface area contributed by atoms with Crippen LogP contribution < -0.4 is 4.74 Å². The van der Waals surface area contributed by atoms with Crippen LogP contribution in [-0.2, 0) is 22.5 Å². The van der Waals surface area contributed by atoms with Crippen LogP contribution in [0, 0.1) is 0 Å². The topological polar surface area (TPSA) is 51.9 Å². The van der Waals surface area contributed by atoms with E-state index >= 15 is 0 Å². The molecule has 0 spiro atoms. The summed E-state index contributed by atoms with van der Waals surface area (Å²) in [5.74, 6) is 0.638. The summed E-state index contributed by atoms with van der Waals surface area (Å²) in [6.07, 6.45) is 1.70. The van der Waals surface area contributed by atoms with E-state index < -0.39 is 6.61 Å². The average Bonchev–Trinajstić information content (AvgIpc) is 3.05. The zero-order valence-electron chi connectivity index (χ0n) is 13.3. The molecule has 0 unspecified atom stereocenters. The van der Waals surface area contributed by atoms with Crippen molar-refractivity contribution in [3.8, 4) is 5.75 Å². The van der Waals surface area contributed by atoms with Crippen LogP contribution in [0.2, 0.25) is 0 Å². The van der Waals surface area contributed by atoms with E-state index in [4.69, 9.17) is 9.15 Å². The molecule has 2 aromatic rings. The number of hydrogen-bond acceptors (Lipinski definition) is 4. The molecule has 0 N–H and O–H groups in total. The first-order valence-corrected chi connectivity index (χ1v) is 7.41. The van der Waals surface area contributed by atoms with E-state index in [1.165, 1.54) is 12.1 Å². The maximum atomic E-state index is 12.5. The highest BCUT2D eigenvalue weighted by molar-refractivity contribution is 5.78. The summed E-state index contributed by atoms with van der Waals surface area (Å²) < 4.78 is 38.9. The quantitative estimate of drug-likeness (QED) is 0.704.